The number of hydrazone groups is 1. The summed E-state index contributed by atoms with van der Waals surface area (Å²) in [6.45, 7) is 1.58. The summed E-state index contributed by atoms with van der Waals surface area (Å²) in [5.41, 5.74) is 2.98. The van der Waals surface area contributed by atoms with Crippen molar-refractivity contribution in [3.8, 4) is 0 Å². The molecule has 0 bridgehead atoms. The molecule has 2 aromatic rings. The Hall–Kier alpha value is -2.09. The number of sulfone groups is 1. The predicted octanol–water partition coefficient (Wildman–Crippen LogP) is 3.76. The second-order valence-electron chi connectivity index (χ2n) is 4.71. The number of benzene rings is 2. The van der Waals surface area contributed by atoms with E-state index in [1.54, 1.807) is 31.2 Å². The van der Waals surface area contributed by atoms with E-state index in [-0.39, 0.29) is 11.5 Å². The summed E-state index contributed by atoms with van der Waals surface area (Å²) in [5.74, 6) is -1.06. The largest absolute Gasteiger partial charge is 0.461 e. The Kier molecular flexibility index (Phi) is 6.41. The van der Waals surface area contributed by atoms with Crippen molar-refractivity contribution in [1.29, 1.82) is 0 Å². The van der Waals surface area contributed by atoms with Crippen molar-refractivity contribution < 1.29 is 17.9 Å². The average Bonchev–Trinajstić information content (AvgIpc) is 2.57. The topological polar surface area (TPSA) is 84.8 Å². The SMILES string of the molecule is CCOC(=O)C(=NNc1ccc(Cl)cc1)S(=O)(=O)c1ccc(Cl)cc1. The van der Waals surface area contributed by atoms with Gasteiger partial charge in [-0.05, 0) is 55.5 Å². The van der Waals surface area contributed by atoms with Gasteiger partial charge in [0.2, 0.25) is 9.84 Å². The van der Waals surface area contributed by atoms with Gasteiger partial charge in [-0.1, -0.05) is 23.2 Å². The highest BCUT2D eigenvalue weighted by Crippen LogP contribution is 2.18. The van der Waals surface area contributed by atoms with Gasteiger partial charge in [0.25, 0.3) is 5.04 Å². The fourth-order valence-corrected chi connectivity index (χ4v) is 3.19. The minimum atomic E-state index is -4.19. The number of carbonyl (C=O) groups excluding carboxylic acids is 1. The maximum absolute atomic E-state index is 12.7. The molecule has 0 aliphatic heterocycles. The van der Waals surface area contributed by atoms with Crippen molar-refractivity contribution in [2.75, 3.05) is 12.0 Å². The summed E-state index contributed by atoms with van der Waals surface area (Å²) in [7, 11) is -4.19. The number of anilines is 1. The standard InChI is InChI=1S/C16H14Cl2N2O4S/c1-2-24-16(21)15(20-19-13-7-3-11(17)4-8-13)25(22,23)14-9-5-12(18)6-10-14/h3-10,19H,2H2,1H3. The van der Waals surface area contributed by atoms with E-state index in [0.717, 1.165) is 0 Å². The van der Waals surface area contributed by atoms with Gasteiger partial charge in [-0.3, -0.25) is 5.43 Å². The molecule has 2 aromatic carbocycles. The maximum atomic E-state index is 12.7. The van der Waals surface area contributed by atoms with Crippen LogP contribution in [0.25, 0.3) is 0 Å². The van der Waals surface area contributed by atoms with Gasteiger partial charge >= 0.3 is 5.97 Å². The lowest BCUT2D eigenvalue weighted by molar-refractivity contribution is -0.134. The van der Waals surface area contributed by atoms with E-state index in [2.05, 4.69) is 10.5 Å². The van der Waals surface area contributed by atoms with Gasteiger partial charge in [-0.25, -0.2) is 13.2 Å². The van der Waals surface area contributed by atoms with Crippen molar-refractivity contribution in [3.05, 3.63) is 58.6 Å². The number of halogens is 2. The molecular formula is C16H14Cl2N2O4S. The van der Waals surface area contributed by atoms with Gasteiger partial charge < -0.3 is 4.74 Å². The minimum absolute atomic E-state index is 0.00887. The normalized spacial score (nSPS) is 11.9. The van der Waals surface area contributed by atoms with E-state index in [9.17, 15) is 13.2 Å². The van der Waals surface area contributed by atoms with E-state index in [0.29, 0.717) is 15.7 Å². The lowest BCUT2D eigenvalue weighted by atomic mass is 10.3. The number of carbonyl (C=O) groups is 1. The summed E-state index contributed by atoms with van der Waals surface area (Å²) in [4.78, 5) is 12.0. The molecule has 0 amide bonds. The summed E-state index contributed by atoms with van der Waals surface area (Å²) in [5, 5.41) is 3.86. The van der Waals surface area contributed by atoms with Crippen LogP contribution in [0.2, 0.25) is 10.0 Å². The maximum Gasteiger partial charge on any atom is 0.371 e. The van der Waals surface area contributed by atoms with Crippen molar-refractivity contribution in [1.82, 2.24) is 0 Å². The van der Waals surface area contributed by atoms with Crippen molar-refractivity contribution in [3.63, 3.8) is 0 Å². The molecule has 6 nitrogen and oxygen atoms in total. The first-order valence-corrected chi connectivity index (χ1v) is 9.35. The van der Waals surface area contributed by atoms with Gasteiger partial charge in [-0.15, -0.1) is 0 Å². The molecule has 0 unspecified atom stereocenters. The van der Waals surface area contributed by atoms with Crippen LogP contribution in [-0.2, 0) is 19.4 Å². The zero-order valence-corrected chi connectivity index (χ0v) is 15.4. The molecule has 0 aliphatic rings. The lowest BCUT2D eigenvalue weighted by Crippen LogP contribution is -2.28. The van der Waals surface area contributed by atoms with Crippen LogP contribution in [0, 0.1) is 0 Å². The molecule has 0 fully saturated rings. The lowest BCUT2D eigenvalue weighted by Gasteiger charge is -2.09. The third kappa shape index (κ3) is 4.94. The average molecular weight is 401 g/mol. The molecule has 0 heterocycles. The van der Waals surface area contributed by atoms with E-state index >= 15 is 0 Å². The van der Waals surface area contributed by atoms with E-state index < -0.39 is 20.9 Å². The molecule has 0 atom stereocenters. The number of rotatable bonds is 4. The molecular weight excluding hydrogens is 387 g/mol. The first kappa shape index (κ1) is 19.2. The predicted molar refractivity (Wildman–Crippen MR) is 97.8 cm³/mol. The number of nitrogens with one attached hydrogen (secondary N) is 1. The van der Waals surface area contributed by atoms with Crippen LogP contribution in [0.15, 0.2) is 58.5 Å². The summed E-state index contributed by atoms with van der Waals surface area (Å²) in [6, 6.07) is 11.7. The number of nitrogens with zero attached hydrogens (tertiary/aromatic N) is 1. The van der Waals surface area contributed by atoms with Crippen LogP contribution in [0.5, 0.6) is 0 Å². The van der Waals surface area contributed by atoms with Crippen LogP contribution in [0.3, 0.4) is 0 Å². The molecule has 25 heavy (non-hydrogen) atoms. The molecule has 0 aliphatic carbocycles. The van der Waals surface area contributed by atoms with Gasteiger partial charge in [0.1, 0.15) is 0 Å². The molecule has 0 radical (unpaired) electrons. The Bertz CT molecular complexity index is 879. The smallest absolute Gasteiger partial charge is 0.371 e. The van der Waals surface area contributed by atoms with Crippen LogP contribution in [0.1, 0.15) is 6.92 Å². The summed E-state index contributed by atoms with van der Waals surface area (Å²) < 4.78 is 30.2. The second kappa shape index (κ2) is 8.33. The fourth-order valence-electron chi connectivity index (χ4n) is 1.77. The third-order valence-corrected chi connectivity index (χ3v) is 5.12. The van der Waals surface area contributed by atoms with Crippen LogP contribution < -0.4 is 5.43 Å². The Morgan fingerprint density at radius 3 is 2.08 bits per heavy atom. The molecule has 9 heteroatoms. The fraction of sp³-hybridized carbons (Fsp3) is 0.125. The summed E-state index contributed by atoms with van der Waals surface area (Å²) >= 11 is 11.6. The number of ether oxygens (including phenoxy) is 1. The Morgan fingerprint density at radius 1 is 1.04 bits per heavy atom. The Balaban J connectivity index is 2.40. The van der Waals surface area contributed by atoms with E-state index in [1.165, 1.54) is 24.3 Å². The van der Waals surface area contributed by atoms with Gasteiger partial charge in [0.15, 0.2) is 0 Å². The zero-order chi connectivity index (χ0) is 18.4. The highest BCUT2D eigenvalue weighted by molar-refractivity contribution is 8.08. The van der Waals surface area contributed by atoms with Crippen LogP contribution >= 0.6 is 23.2 Å². The molecule has 0 saturated heterocycles. The zero-order valence-electron chi connectivity index (χ0n) is 13.1. The first-order chi connectivity index (χ1) is 11.8. The van der Waals surface area contributed by atoms with Crippen molar-refractivity contribution in [2.24, 2.45) is 5.10 Å². The highest BCUT2D eigenvalue weighted by atomic mass is 35.5. The van der Waals surface area contributed by atoms with E-state index in [1.807, 2.05) is 0 Å². The van der Waals surface area contributed by atoms with Gasteiger partial charge in [0, 0.05) is 10.0 Å². The third-order valence-electron chi connectivity index (χ3n) is 2.96. The molecule has 0 saturated carbocycles. The first-order valence-electron chi connectivity index (χ1n) is 7.11. The monoisotopic (exact) mass is 400 g/mol. The molecule has 0 aromatic heterocycles. The number of hydrogen-bond donors (Lipinski definition) is 1. The van der Waals surface area contributed by atoms with Gasteiger partial charge in [0.05, 0.1) is 17.2 Å². The van der Waals surface area contributed by atoms with Crippen LogP contribution in [0.4, 0.5) is 5.69 Å². The summed E-state index contributed by atoms with van der Waals surface area (Å²) in [6.07, 6.45) is 0. The highest BCUT2D eigenvalue weighted by Gasteiger charge is 2.31. The second-order valence-corrected chi connectivity index (χ2v) is 7.45. The van der Waals surface area contributed by atoms with E-state index in [4.69, 9.17) is 27.9 Å². The molecule has 0 spiro atoms. The molecule has 2 rings (SSSR count). The Labute approximate surface area is 155 Å². The quantitative estimate of drug-likeness (QED) is 0.365. The van der Waals surface area contributed by atoms with Crippen molar-refractivity contribution >= 4 is 49.7 Å². The molecule has 1 N–H and O–H groups in total. The van der Waals surface area contributed by atoms with Crippen molar-refractivity contribution in [2.45, 2.75) is 11.8 Å². The Morgan fingerprint density at radius 2 is 1.56 bits per heavy atom. The number of esters is 1. The number of hydrogen-bond acceptors (Lipinski definition) is 6. The minimum Gasteiger partial charge on any atom is -0.461 e. The molecule has 132 valence electrons. The van der Waals surface area contributed by atoms with Gasteiger partial charge in [-0.2, -0.15) is 5.10 Å². The van der Waals surface area contributed by atoms with Crippen LogP contribution in [-0.4, -0.2) is 26.0 Å².